The third-order valence-corrected chi connectivity index (χ3v) is 22.2. The van der Waals surface area contributed by atoms with Crippen molar-refractivity contribution in [1.82, 2.24) is 39.9 Å². The fourth-order valence-corrected chi connectivity index (χ4v) is 16.8. The van der Waals surface area contributed by atoms with Gasteiger partial charge in [0.1, 0.15) is 66.6 Å². The quantitative estimate of drug-likeness (QED) is 0.140. The zero-order valence-electron chi connectivity index (χ0n) is 60.2. The summed E-state index contributed by atoms with van der Waals surface area (Å²) in [6.45, 7) is 0. The van der Waals surface area contributed by atoms with Crippen molar-refractivity contribution < 1.29 is 26.5 Å². The number of hydrogen-bond acceptors (Lipinski definition) is 14. The number of fused-ring (bicyclic) bond motifs is 21. The SMILES string of the molecule is c1ccc(-c2ccc3oc4c(-c5cc(-c6ccnc7c6oc6ccccc67)cc(-c6ccnc7c6oc6ccc(-c8ccccc8)cc67)n5)ccnc4c3c2)cc1.c1ccc2cc3c(cc2c1)oc1c(-c2cc(-c4ccnc5c4oc4cc6ccccc6cc45)nc(-c4ccnc5c4oc4cc6ccccc6cc45)c2)ccnc13. The third-order valence-electron chi connectivity index (χ3n) is 22.2. The van der Waals surface area contributed by atoms with Crippen LogP contribution in [0, 0.1) is 0 Å². The van der Waals surface area contributed by atoms with Gasteiger partial charge in [-0.2, -0.15) is 0 Å². The van der Waals surface area contributed by atoms with Crippen molar-refractivity contribution in [3.63, 3.8) is 0 Å². The number of hydrogen-bond donors (Lipinski definition) is 0. The summed E-state index contributed by atoms with van der Waals surface area (Å²) in [7, 11) is 0. The predicted molar refractivity (Wildman–Crippen MR) is 455 cm³/mol. The van der Waals surface area contributed by atoms with Crippen molar-refractivity contribution in [3.8, 4) is 89.5 Å². The molecule has 14 aromatic heterocycles. The van der Waals surface area contributed by atoms with Gasteiger partial charge in [0.15, 0.2) is 33.5 Å². The molecule has 0 amide bonds. The number of benzene rings is 11. The molecule has 0 aliphatic rings. The predicted octanol–water partition coefficient (Wildman–Crippen LogP) is 26.7. The Bertz CT molecular complexity index is 7760. The Morgan fingerprint density at radius 2 is 0.430 bits per heavy atom. The largest absolute Gasteiger partial charge is 0.454 e. The lowest BCUT2D eigenvalue weighted by atomic mass is 9.99. The highest BCUT2D eigenvalue weighted by atomic mass is 16.4. The van der Waals surface area contributed by atoms with Gasteiger partial charge in [0.05, 0.1) is 22.8 Å². The fraction of sp³-hybridized carbons (Fsp3) is 0. The van der Waals surface area contributed by atoms with Crippen molar-refractivity contribution in [2.45, 2.75) is 0 Å². The molecule has 25 aromatic rings. The average Bonchev–Trinajstić information content (AvgIpc) is 1.63. The summed E-state index contributed by atoms with van der Waals surface area (Å²) in [6, 6.07) is 99.1. The second kappa shape index (κ2) is 24.9. The van der Waals surface area contributed by atoms with Gasteiger partial charge in [-0.3, -0.25) is 29.9 Å². The molecule has 0 aliphatic carbocycles. The molecule has 114 heavy (non-hydrogen) atoms. The molecule has 0 fully saturated rings. The summed E-state index contributed by atoms with van der Waals surface area (Å²) < 4.78 is 39.8. The summed E-state index contributed by atoms with van der Waals surface area (Å²) in [4.78, 5) is 39.7. The Morgan fingerprint density at radius 1 is 0.167 bits per heavy atom. The first-order chi connectivity index (χ1) is 56.4. The van der Waals surface area contributed by atoms with E-state index in [9.17, 15) is 0 Å². The lowest BCUT2D eigenvalue weighted by Gasteiger charge is -2.11. The normalized spacial score (nSPS) is 12.0. The Morgan fingerprint density at radius 3 is 0.781 bits per heavy atom. The first kappa shape index (κ1) is 63.2. The third kappa shape index (κ3) is 10.1. The van der Waals surface area contributed by atoms with Gasteiger partial charge in [-0.15, -0.1) is 0 Å². The van der Waals surface area contributed by atoms with Crippen LogP contribution in [0.2, 0.25) is 0 Å². The highest BCUT2D eigenvalue weighted by Gasteiger charge is 2.26. The molecule has 14 nitrogen and oxygen atoms in total. The fourth-order valence-electron chi connectivity index (χ4n) is 16.8. The van der Waals surface area contributed by atoms with Gasteiger partial charge in [-0.05, 0) is 199 Å². The Labute approximate surface area is 645 Å². The Hall–Kier alpha value is -15.8. The first-order valence-electron chi connectivity index (χ1n) is 37.6. The molecule has 0 unspecified atom stereocenters. The van der Waals surface area contributed by atoms with Gasteiger partial charge >= 0.3 is 0 Å². The van der Waals surface area contributed by atoms with Crippen molar-refractivity contribution >= 4 is 165 Å². The van der Waals surface area contributed by atoms with Crippen LogP contribution in [-0.4, -0.2) is 39.9 Å². The molecular weight excluding hydrogens is 1410 g/mol. The van der Waals surface area contributed by atoms with E-state index in [4.69, 9.17) is 66.4 Å². The number of pyridine rings is 8. The van der Waals surface area contributed by atoms with E-state index in [1.807, 2.05) is 177 Å². The minimum atomic E-state index is 0.661. The number of furan rings is 6. The van der Waals surface area contributed by atoms with Crippen molar-refractivity contribution in [2.75, 3.05) is 0 Å². The van der Waals surface area contributed by atoms with Gasteiger partial charge in [-0.1, -0.05) is 158 Å². The Balaban J connectivity index is 0.000000132. The van der Waals surface area contributed by atoms with Crippen LogP contribution in [0.15, 0.2) is 355 Å². The van der Waals surface area contributed by atoms with Crippen molar-refractivity contribution in [2.24, 2.45) is 0 Å². The van der Waals surface area contributed by atoms with E-state index in [0.29, 0.717) is 44.9 Å². The summed E-state index contributed by atoms with van der Waals surface area (Å²) in [5, 5.41) is 12.4. The molecule has 0 atom stereocenters. The summed E-state index contributed by atoms with van der Waals surface area (Å²) in [5.41, 5.74) is 27.6. The van der Waals surface area contributed by atoms with E-state index in [1.165, 1.54) is 0 Å². The van der Waals surface area contributed by atoms with E-state index in [1.54, 1.807) is 0 Å². The van der Waals surface area contributed by atoms with Crippen molar-refractivity contribution in [3.05, 3.63) is 328 Å². The Kier molecular flexibility index (Phi) is 13.8. The lowest BCUT2D eigenvalue weighted by molar-refractivity contribution is 0.668. The number of nitrogens with zero attached hydrogens (tertiary/aromatic N) is 8. The first-order valence-corrected chi connectivity index (χ1v) is 37.6. The summed E-state index contributed by atoms with van der Waals surface area (Å²) in [5.74, 6) is 0. The second-order valence-corrected chi connectivity index (χ2v) is 28.8. The van der Waals surface area contributed by atoms with Crippen LogP contribution >= 0.6 is 0 Å². The molecule has 25 rings (SSSR count). The van der Waals surface area contributed by atoms with Gasteiger partial charge in [0.25, 0.3) is 0 Å². The molecule has 530 valence electrons. The van der Waals surface area contributed by atoms with Crippen LogP contribution in [0.25, 0.3) is 254 Å². The molecule has 0 aliphatic heterocycles. The molecule has 0 saturated carbocycles. The molecular formula is C100H54N8O6. The average molecular weight is 1460 g/mol. The van der Waals surface area contributed by atoms with E-state index in [2.05, 4.69) is 152 Å². The molecule has 0 saturated heterocycles. The highest BCUT2D eigenvalue weighted by Crippen LogP contribution is 2.47. The summed E-state index contributed by atoms with van der Waals surface area (Å²) in [6.07, 6.45) is 11.0. The van der Waals surface area contributed by atoms with Crippen LogP contribution in [0.4, 0.5) is 0 Å². The maximum atomic E-state index is 6.69. The second-order valence-electron chi connectivity index (χ2n) is 28.8. The number of aromatic nitrogens is 8. The molecule has 0 bridgehead atoms. The van der Waals surface area contributed by atoms with Gasteiger partial charge in [0.2, 0.25) is 0 Å². The molecule has 14 heteroatoms. The van der Waals surface area contributed by atoms with E-state index in [-0.39, 0.29) is 0 Å². The minimum Gasteiger partial charge on any atom is -0.454 e. The molecule has 0 spiro atoms. The van der Waals surface area contributed by atoms with Crippen LogP contribution in [0.1, 0.15) is 0 Å². The highest BCUT2D eigenvalue weighted by molar-refractivity contribution is 6.17. The maximum Gasteiger partial charge on any atom is 0.163 e. The number of rotatable bonds is 8. The van der Waals surface area contributed by atoms with Crippen LogP contribution in [0.3, 0.4) is 0 Å². The number of para-hydroxylation sites is 1. The smallest absolute Gasteiger partial charge is 0.163 e. The maximum absolute atomic E-state index is 6.69. The van der Waals surface area contributed by atoms with E-state index >= 15 is 0 Å². The van der Waals surface area contributed by atoms with Gasteiger partial charge < -0.3 is 26.5 Å². The van der Waals surface area contributed by atoms with Gasteiger partial charge in [-0.25, -0.2) is 9.97 Å². The molecule has 11 aromatic carbocycles. The van der Waals surface area contributed by atoms with E-state index in [0.717, 1.165) is 209 Å². The molecule has 0 N–H and O–H groups in total. The summed E-state index contributed by atoms with van der Waals surface area (Å²) >= 11 is 0. The zero-order valence-corrected chi connectivity index (χ0v) is 60.2. The van der Waals surface area contributed by atoms with Crippen molar-refractivity contribution in [1.29, 1.82) is 0 Å². The minimum absolute atomic E-state index is 0.661. The topological polar surface area (TPSA) is 182 Å². The lowest BCUT2D eigenvalue weighted by Crippen LogP contribution is -1.93. The zero-order chi connectivity index (χ0) is 74.6. The molecule has 14 heterocycles. The van der Waals surface area contributed by atoms with Crippen LogP contribution < -0.4 is 0 Å². The van der Waals surface area contributed by atoms with Crippen LogP contribution in [0.5, 0.6) is 0 Å². The van der Waals surface area contributed by atoms with E-state index < -0.39 is 0 Å². The molecule has 0 radical (unpaired) electrons. The standard InChI is InChI=1S/C50H26N4O3.C50H28N4O3/c1-4-10-30-24-42-37(19-27(30)7-1)45-48(55-42)34(13-16-51-45)33-22-40(35-14-17-52-46-38-20-28-8-2-5-11-31(28)25-43(38)56-49(35)46)54-41(23-33)36-15-18-53-47-39-21-29-9-3-6-12-32(29)26-44(39)57-50(36)47;1-3-9-29(10-4-1)31-15-17-43-38(25-31)46-49(56-43)35(20-23-52-46)40-27-33(34-19-22-51-45-37-13-7-8-14-42(37)55-48(34)45)28-41(54-40)36-21-24-53-47-39-26-32(30-11-5-2-6-12-30)16-18-44(39)57-50(36)47/h1-26H;1-28H. The monoisotopic (exact) mass is 1460 g/mol. The van der Waals surface area contributed by atoms with Gasteiger partial charge in [0, 0.05) is 103 Å². The van der Waals surface area contributed by atoms with Crippen LogP contribution in [-0.2, 0) is 0 Å².